The summed E-state index contributed by atoms with van der Waals surface area (Å²) in [5.74, 6) is 0.738. The van der Waals surface area contributed by atoms with Gasteiger partial charge in [0, 0.05) is 12.1 Å². The number of benzene rings is 1. The Kier molecular flexibility index (Phi) is 3.44. The highest BCUT2D eigenvalue weighted by molar-refractivity contribution is 5.26. The van der Waals surface area contributed by atoms with E-state index in [0.29, 0.717) is 16.9 Å². The van der Waals surface area contributed by atoms with Crippen LogP contribution in [0.15, 0.2) is 18.2 Å². The van der Waals surface area contributed by atoms with E-state index in [1.165, 1.54) is 19.3 Å². The first-order chi connectivity index (χ1) is 9.74. The molecule has 2 saturated carbocycles. The summed E-state index contributed by atoms with van der Waals surface area (Å²) in [7, 11) is 0. The molecule has 2 aliphatic rings. The molecule has 1 nitrogen and oxygen atoms in total. The van der Waals surface area contributed by atoms with E-state index in [9.17, 15) is 4.39 Å². The predicted octanol–water partition coefficient (Wildman–Crippen LogP) is 5.00. The van der Waals surface area contributed by atoms with E-state index in [1.807, 2.05) is 13.0 Å². The van der Waals surface area contributed by atoms with Crippen molar-refractivity contribution >= 4 is 0 Å². The smallest absolute Gasteiger partial charge is 0.126 e. The molecule has 0 spiro atoms. The summed E-state index contributed by atoms with van der Waals surface area (Å²) >= 11 is 0. The summed E-state index contributed by atoms with van der Waals surface area (Å²) in [6, 6.07) is 6.34. The summed E-state index contributed by atoms with van der Waals surface area (Å²) in [6.45, 7) is 11.2. The summed E-state index contributed by atoms with van der Waals surface area (Å²) in [4.78, 5) is 0. The molecule has 2 heteroatoms. The number of fused-ring (bicyclic) bond motifs is 2. The fraction of sp³-hybridized carbons (Fsp3) is 0.684. The Morgan fingerprint density at radius 3 is 2.57 bits per heavy atom. The normalized spacial score (nSPS) is 35.1. The van der Waals surface area contributed by atoms with Gasteiger partial charge in [-0.2, -0.15) is 0 Å². The van der Waals surface area contributed by atoms with Crippen molar-refractivity contribution in [1.82, 2.24) is 5.32 Å². The Morgan fingerprint density at radius 1 is 1.29 bits per heavy atom. The number of nitrogens with one attached hydrogen (secondary N) is 1. The molecular formula is C19H28FN. The van der Waals surface area contributed by atoms with Crippen molar-refractivity contribution in [3.63, 3.8) is 0 Å². The number of hydrogen-bond donors (Lipinski definition) is 1. The Hall–Kier alpha value is -0.890. The lowest BCUT2D eigenvalue weighted by atomic mass is 9.68. The van der Waals surface area contributed by atoms with Gasteiger partial charge in [0.1, 0.15) is 5.82 Å². The molecule has 1 aromatic rings. The monoisotopic (exact) mass is 289 g/mol. The van der Waals surface area contributed by atoms with Gasteiger partial charge in [-0.15, -0.1) is 0 Å². The van der Waals surface area contributed by atoms with Crippen LogP contribution in [-0.4, -0.2) is 6.04 Å². The molecule has 0 saturated heterocycles. The molecule has 2 aliphatic carbocycles. The lowest BCUT2D eigenvalue weighted by Crippen LogP contribution is -2.50. The highest BCUT2D eigenvalue weighted by Gasteiger charge is 2.59. The molecule has 21 heavy (non-hydrogen) atoms. The molecule has 4 unspecified atom stereocenters. The standard InChI is InChI=1S/C19H28FN/c1-12-6-7-14(10-16(12)20)13(2)21-17-18(3,4)15-8-9-19(17,5)11-15/h6-7,10,13,15,17,21H,8-9,11H2,1-5H3. The van der Waals surface area contributed by atoms with Crippen molar-refractivity contribution < 1.29 is 4.39 Å². The molecule has 0 aliphatic heterocycles. The minimum Gasteiger partial charge on any atom is -0.306 e. The maximum absolute atomic E-state index is 13.8. The molecule has 0 heterocycles. The SMILES string of the molecule is Cc1ccc(C(C)NC2C3(C)CCC(C3)C2(C)C)cc1F. The molecular weight excluding hydrogens is 261 g/mol. The molecule has 1 N–H and O–H groups in total. The highest BCUT2D eigenvalue weighted by atomic mass is 19.1. The third kappa shape index (κ3) is 2.32. The zero-order valence-corrected chi connectivity index (χ0v) is 14.0. The second kappa shape index (κ2) is 4.81. The van der Waals surface area contributed by atoms with Gasteiger partial charge >= 0.3 is 0 Å². The van der Waals surface area contributed by atoms with E-state index in [4.69, 9.17) is 0 Å². The Labute approximate surface area is 128 Å². The van der Waals surface area contributed by atoms with Crippen LogP contribution in [0.4, 0.5) is 4.39 Å². The first kappa shape index (κ1) is 15.0. The van der Waals surface area contributed by atoms with Gasteiger partial charge < -0.3 is 5.32 Å². The number of rotatable bonds is 3. The van der Waals surface area contributed by atoms with Crippen molar-refractivity contribution in [3.05, 3.63) is 35.1 Å². The van der Waals surface area contributed by atoms with Gasteiger partial charge in [-0.1, -0.05) is 32.9 Å². The molecule has 0 amide bonds. The summed E-state index contributed by atoms with van der Waals surface area (Å²) in [6.07, 6.45) is 4.04. The average molecular weight is 289 g/mol. The minimum atomic E-state index is -0.0976. The van der Waals surface area contributed by atoms with Gasteiger partial charge in [-0.05, 0) is 67.1 Å². The maximum Gasteiger partial charge on any atom is 0.126 e. The van der Waals surface area contributed by atoms with Crippen LogP contribution in [0.25, 0.3) is 0 Å². The maximum atomic E-state index is 13.8. The van der Waals surface area contributed by atoms with Crippen LogP contribution in [0.3, 0.4) is 0 Å². The first-order valence-electron chi connectivity index (χ1n) is 8.26. The molecule has 116 valence electrons. The molecule has 2 fully saturated rings. The molecule has 4 atom stereocenters. The van der Waals surface area contributed by atoms with Crippen molar-refractivity contribution in [2.45, 2.75) is 66.0 Å². The second-order valence-corrected chi connectivity index (χ2v) is 8.25. The lowest BCUT2D eigenvalue weighted by molar-refractivity contribution is 0.100. The quantitative estimate of drug-likeness (QED) is 0.825. The van der Waals surface area contributed by atoms with Gasteiger partial charge in [0.15, 0.2) is 0 Å². The van der Waals surface area contributed by atoms with Gasteiger partial charge in [-0.3, -0.25) is 0 Å². The van der Waals surface area contributed by atoms with Crippen LogP contribution in [0, 0.1) is 29.5 Å². The van der Waals surface area contributed by atoms with Crippen LogP contribution in [0.1, 0.15) is 64.1 Å². The molecule has 1 aromatic carbocycles. The Balaban J connectivity index is 1.81. The molecule has 2 bridgehead atoms. The van der Waals surface area contributed by atoms with E-state index < -0.39 is 0 Å². The number of halogens is 1. The molecule has 0 aromatic heterocycles. The Morgan fingerprint density at radius 2 is 2.00 bits per heavy atom. The highest BCUT2D eigenvalue weighted by Crippen LogP contribution is 2.62. The van der Waals surface area contributed by atoms with Gasteiger partial charge in [0.25, 0.3) is 0 Å². The first-order valence-corrected chi connectivity index (χ1v) is 8.26. The van der Waals surface area contributed by atoms with Crippen LogP contribution in [0.2, 0.25) is 0 Å². The summed E-state index contributed by atoms with van der Waals surface area (Å²) < 4.78 is 13.8. The number of hydrogen-bond acceptors (Lipinski definition) is 1. The van der Waals surface area contributed by atoms with E-state index in [1.54, 1.807) is 6.07 Å². The van der Waals surface area contributed by atoms with Crippen LogP contribution in [0.5, 0.6) is 0 Å². The van der Waals surface area contributed by atoms with Crippen molar-refractivity contribution in [2.24, 2.45) is 16.7 Å². The van der Waals surface area contributed by atoms with E-state index in [0.717, 1.165) is 17.0 Å². The van der Waals surface area contributed by atoms with Crippen molar-refractivity contribution in [1.29, 1.82) is 0 Å². The third-order valence-electron chi connectivity index (χ3n) is 6.38. The van der Waals surface area contributed by atoms with Gasteiger partial charge in [0.05, 0.1) is 0 Å². The van der Waals surface area contributed by atoms with Gasteiger partial charge in [-0.25, -0.2) is 4.39 Å². The van der Waals surface area contributed by atoms with E-state index in [-0.39, 0.29) is 11.9 Å². The summed E-state index contributed by atoms with van der Waals surface area (Å²) in [5, 5.41) is 3.84. The van der Waals surface area contributed by atoms with Crippen LogP contribution in [-0.2, 0) is 0 Å². The minimum absolute atomic E-state index is 0.0976. The van der Waals surface area contributed by atoms with Crippen molar-refractivity contribution in [3.8, 4) is 0 Å². The van der Waals surface area contributed by atoms with Crippen molar-refractivity contribution in [2.75, 3.05) is 0 Å². The fourth-order valence-corrected chi connectivity index (χ4v) is 4.94. The Bertz CT molecular complexity index is 546. The fourth-order valence-electron chi connectivity index (χ4n) is 4.94. The average Bonchev–Trinajstić information content (AvgIpc) is 2.89. The topological polar surface area (TPSA) is 12.0 Å². The second-order valence-electron chi connectivity index (χ2n) is 8.25. The van der Waals surface area contributed by atoms with Crippen LogP contribution >= 0.6 is 0 Å². The molecule has 3 rings (SSSR count). The third-order valence-corrected chi connectivity index (χ3v) is 6.38. The lowest BCUT2D eigenvalue weighted by Gasteiger charge is -2.44. The predicted molar refractivity (Wildman–Crippen MR) is 85.7 cm³/mol. The van der Waals surface area contributed by atoms with E-state index in [2.05, 4.69) is 39.1 Å². The molecule has 0 radical (unpaired) electrons. The summed E-state index contributed by atoms with van der Waals surface area (Å²) in [5.41, 5.74) is 2.52. The zero-order chi connectivity index (χ0) is 15.4. The van der Waals surface area contributed by atoms with E-state index >= 15 is 0 Å². The largest absolute Gasteiger partial charge is 0.306 e. The zero-order valence-electron chi connectivity index (χ0n) is 14.0. The van der Waals surface area contributed by atoms with Crippen LogP contribution < -0.4 is 5.32 Å². The van der Waals surface area contributed by atoms with Gasteiger partial charge in [0.2, 0.25) is 0 Å². The number of aryl methyl sites for hydroxylation is 1.